The molecule has 0 aliphatic rings. The van der Waals surface area contributed by atoms with Crippen LogP contribution < -0.4 is 5.32 Å². The first-order valence-electron chi connectivity index (χ1n) is 11.7. The Labute approximate surface area is 202 Å². The van der Waals surface area contributed by atoms with Crippen molar-refractivity contribution in [3.8, 4) is 0 Å². The minimum atomic E-state index is -3.77. The van der Waals surface area contributed by atoms with Crippen LogP contribution in [0.3, 0.4) is 0 Å². The third kappa shape index (κ3) is 11.0. The van der Waals surface area contributed by atoms with Crippen molar-refractivity contribution in [3.05, 3.63) is 71.8 Å². The molecule has 0 radical (unpaired) electrons. The first-order valence-corrected chi connectivity index (χ1v) is 13.7. The van der Waals surface area contributed by atoms with Crippen molar-refractivity contribution in [3.63, 3.8) is 0 Å². The van der Waals surface area contributed by atoms with Gasteiger partial charge >= 0.3 is 12.1 Å². The summed E-state index contributed by atoms with van der Waals surface area (Å²) in [5.41, 5.74) is 1.66. The number of unbranched alkanes of at least 4 members (excludes halogenated alkanes) is 1. The molecule has 34 heavy (non-hydrogen) atoms. The van der Waals surface area contributed by atoms with Crippen LogP contribution in [-0.4, -0.2) is 28.9 Å². The number of amides is 1. The van der Waals surface area contributed by atoms with Crippen LogP contribution in [0.4, 0.5) is 4.79 Å². The van der Waals surface area contributed by atoms with Crippen molar-refractivity contribution >= 4 is 19.4 Å². The van der Waals surface area contributed by atoms with E-state index in [9.17, 15) is 19.0 Å². The van der Waals surface area contributed by atoms with Gasteiger partial charge in [0.05, 0.1) is 0 Å². The lowest BCUT2D eigenvalue weighted by Gasteiger charge is -2.24. The van der Waals surface area contributed by atoms with E-state index in [-0.39, 0.29) is 32.2 Å². The summed E-state index contributed by atoms with van der Waals surface area (Å²) in [4.78, 5) is 35.3. The maximum atomic E-state index is 13.1. The molecular weight excluding hydrogens is 453 g/mol. The lowest BCUT2D eigenvalue weighted by atomic mass is 10.1. The molecule has 2 aromatic carbocycles. The largest absolute Gasteiger partial charge is 0.461 e. The summed E-state index contributed by atoms with van der Waals surface area (Å²) in [5, 5.41) is 2.52. The van der Waals surface area contributed by atoms with E-state index in [1.54, 1.807) is 0 Å². The summed E-state index contributed by atoms with van der Waals surface area (Å²) in [6, 6.07) is 18.4. The third-order valence-corrected chi connectivity index (χ3v) is 7.68. The Hall–Kier alpha value is -2.63. The van der Waals surface area contributed by atoms with Gasteiger partial charge in [0.2, 0.25) is 7.37 Å². The van der Waals surface area contributed by atoms with Crippen LogP contribution in [0.1, 0.15) is 57.1 Å². The number of ether oxygens (including phenoxy) is 2. The molecule has 0 saturated heterocycles. The van der Waals surface area contributed by atoms with Gasteiger partial charge in [0, 0.05) is 12.6 Å². The van der Waals surface area contributed by atoms with Gasteiger partial charge in [0.15, 0.2) is 0 Å². The first kappa shape index (κ1) is 27.6. The van der Waals surface area contributed by atoms with E-state index in [1.165, 1.54) is 0 Å². The predicted octanol–water partition coefficient (Wildman–Crippen LogP) is 5.86. The summed E-state index contributed by atoms with van der Waals surface area (Å²) in [6.45, 7) is 4.38. The number of carbonyl (C=O) groups is 2. The minimum absolute atomic E-state index is 0.00792. The van der Waals surface area contributed by atoms with Crippen LogP contribution in [0.2, 0.25) is 0 Å². The van der Waals surface area contributed by atoms with Crippen LogP contribution in [0, 0.1) is 5.92 Å². The van der Waals surface area contributed by atoms with Crippen molar-refractivity contribution in [2.75, 3.05) is 6.16 Å². The van der Waals surface area contributed by atoms with E-state index in [0.717, 1.165) is 24.0 Å². The van der Waals surface area contributed by atoms with Crippen LogP contribution in [0.5, 0.6) is 0 Å². The molecule has 2 rings (SSSR count). The quantitative estimate of drug-likeness (QED) is 0.196. The topological polar surface area (TPSA) is 102 Å². The number of hydrogen-bond donors (Lipinski definition) is 2. The van der Waals surface area contributed by atoms with Crippen molar-refractivity contribution < 1.29 is 28.5 Å². The molecular formula is C26H36NO6P. The Morgan fingerprint density at radius 1 is 0.882 bits per heavy atom. The molecule has 1 amide bonds. The second-order valence-corrected chi connectivity index (χ2v) is 11.4. The van der Waals surface area contributed by atoms with Crippen LogP contribution in [-0.2, 0) is 32.0 Å². The van der Waals surface area contributed by atoms with E-state index in [4.69, 9.17) is 9.47 Å². The fourth-order valence-electron chi connectivity index (χ4n) is 3.39. The monoisotopic (exact) mass is 489 g/mol. The standard InChI is InChI=1S/C26H36NO6P/c1-21(2)11-9-10-18-34(30,31)24(27-26(29)33-20-23-14-7-4-8-15-23)16-17-25(28)32-19-22-12-5-3-6-13-22/h3-8,12-15,21,24H,9-11,16-20H2,1-2H3,(H,27,29)(H,30,31). The Kier molecular flexibility index (Phi) is 11.9. The molecule has 2 aromatic rings. The molecule has 0 aliphatic heterocycles. The fraction of sp³-hybridized carbons (Fsp3) is 0.462. The summed E-state index contributed by atoms with van der Waals surface area (Å²) < 4.78 is 23.6. The van der Waals surface area contributed by atoms with Crippen molar-refractivity contribution in [2.45, 2.75) is 64.9 Å². The second-order valence-electron chi connectivity index (χ2n) is 8.78. The van der Waals surface area contributed by atoms with Gasteiger partial charge in [0.1, 0.15) is 19.0 Å². The number of hydrogen-bond acceptors (Lipinski definition) is 5. The van der Waals surface area contributed by atoms with Crippen molar-refractivity contribution in [2.24, 2.45) is 5.92 Å². The van der Waals surface area contributed by atoms with Crippen LogP contribution in [0.15, 0.2) is 60.7 Å². The molecule has 0 aromatic heterocycles. The van der Waals surface area contributed by atoms with Gasteiger partial charge in [-0.05, 0) is 29.9 Å². The summed E-state index contributed by atoms with van der Waals surface area (Å²) >= 11 is 0. The molecule has 186 valence electrons. The van der Waals surface area contributed by atoms with Crippen molar-refractivity contribution in [1.29, 1.82) is 0 Å². The maximum Gasteiger partial charge on any atom is 0.408 e. The molecule has 0 bridgehead atoms. The Morgan fingerprint density at radius 3 is 2.00 bits per heavy atom. The van der Waals surface area contributed by atoms with Gasteiger partial charge in [-0.1, -0.05) is 87.4 Å². The average Bonchev–Trinajstić information content (AvgIpc) is 2.83. The number of carbonyl (C=O) groups excluding carboxylic acids is 2. The highest BCUT2D eigenvalue weighted by atomic mass is 31.2. The zero-order chi connectivity index (χ0) is 24.8. The number of rotatable bonds is 14. The van der Waals surface area contributed by atoms with E-state index < -0.39 is 25.2 Å². The SMILES string of the molecule is CC(C)CCCCP(=O)(O)C(CCC(=O)OCc1ccccc1)NC(=O)OCc1ccccc1. The summed E-state index contributed by atoms with van der Waals surface area (Å²) in [7, 11) is -3.77. The fourth-order valence-corrected chi connectivity index (χ4v) is 5.22. The van der Waals surface area contributed by atoms with E-state index >= 15 is 0 Å². The zero-order valence-electron chi connectivity index (χ0n) is 20.0. The molecule has 0 spiro atoms. The highest BCUT2D eigenvalue weighted by Gasteiger charge is 2.33. The van der Waals surface area contributed by atoms with E-state index in [2.05, 4.69) is 19.2 Å². The lowest BCUT2D eigenvalue weighted by molar-refractivity contribution is -0.145. The molecule has 8 heteroatoms. The van der Waals surface area contributed by atoms with Gasteiger partial charge in [-0.15, -0.1) is 0 Å². The zero-order valence-corrected chi connectivity index (χ0v) is 20.9. The maximum absolute atomic E-state index is 13.1. The molecule has 0 heterocycles. The molecule has 2 atom stereocenters. The summed E-state index contributed by atoms with van der Waals surface area (Å²) in [5.74, 6) is -1.06. The predicted molar refractivity (Wildman–Crippen MR) is 132 cm³/mol. The molecule has 0 fully saturated rings. The number of nitrogens with one attached hydrogen (secondary N) is 1. The molecule has 0 aliphatic carbocycles. The Balaban J connectivity index is 1.92. The number of benzene rings is 2. The van der Waals surface area contributed by atoms with Gasteiger partial charge < -0.3 is 19.7 Å². The third-order valence-electron chi connectivity index (χ3n) is 5.36. The molecule has 7 nitrogen and oxygen atoms in total. The summed E-state index contributed by atoms with van der Waals surface area (Å²) in [6.07, 6.45) is 1.54. The molecule has 2 N–H and O–H groups in total. The van der Waals surface area contributed by atoms with Crippen LogP contribution in [0.25, 0.3) is 0 Å². The lowest BCUT2D eigenvalue weighted by Crippen LogP contribution is -2.36. The van der Waals surface area contributed by atoms with Gasteiger partial charge in [-0.25, -0.2) is 4.79 Å². The number of esters is 1. The molecule has 2 unspecified atom stereocenters. The number of alkyl carbamates (subject to hydrolysis) is 1. The Bertz CT molecular complexity index is 919. The van der Waals surface area contributed by atoms with Crippen LogP contribution >= 0.6 is 7.37 Å². The Morgan fingerprint density at radius 2 is 1.44 bits per heavy atom. The highest BCUT2D eigenvalue weighted by molar-refractivity contribution is 7.58. The van der Waals surface area contributed by atoms with E-state index in [0.29, 0.717) is 12.3 Å². The molecule has 0 saturated carbocycles. The second kappa shape index (κ2) is 14.6. The average molecular weight is 490 g/mol. The van der Waals surface area contributed by atoms with E-state index in [1.807, 2.05) is 60.7 Å². The van der Waals surface area contributed by atoms with Gasteiger partial charge in [-0.2, -0.15) is 0 Å². The smallest absolute Gasteiger partial charge is 0.408 e. The normalized spacial score (nSPS) is 13.6. The minimum Gasteiger partial charge on any atom is -0.461 e. The highest BCUT2D eigenvalue weighted by Crippen LogP contribution is 2.48. The van der Waals surface area contributed by atoms with Gasteiger partial charge in [-0.3, -0.25) is 9.36 Å². The first-order chi connectivity index (χ1) is 16.3. The van der Waals surface area contributed by atoms with Crippen molar-refractivity contribution in [1.82, 2.24) is 5.32 Å². The van der Waals surface area contributed by atoms with Gasteiger partial charge in [0.25, 0.3) is 0 Å².